The highest BCUT2D eigenvalue weighted by Gasteiger charge is 2.15. The van der Waals surface area contributed by atoms with Crippen LogP contribution in [0.15, 0.2) is 66.9 Å². The standard InChI is InChI=1S/C29H30N4O3/c1-3-4-21(22-5-10-27-28(16-22)36-20-35-27)15-23-18-30-29(17-24(23)19-34)31-25-6-8-26(9-7-25)33-13-11-32(2)12-14-33/h3-10,15-19H,11-14,20H2,1-2H3,(H,30,31)/b4-3-,21-15+. The van der Waals surface area contributed by atoms with Crippen LogP contribution in [0.5, 0.6) is 11.5 Å². The van der Waals surface area contributed by atoms with Gasteiger partial charge in [-0.3, -0.25) is 4.79 Å². The molecule has 0 bridgehead atoms. The SMILES string of the molecule is C/C=C\C(=C/c1cnc(Nc2ccc(N3CCN(C)CC3)cc2)cc1C=O)c1ccc2c(c1)OCO2. The molecule has 0 saturated carbocycles. The van der Waals surface area contributed by atoms with Crippen LogP contribution in [0, 0.1) is 0 Å². The number of fused-ring (bicyclic) bond motifs is 1. The van der Waals surface area contributed by atoms with E-state index in [1.165, 1.54) is 5.69 Å². The van der Waals surface area contributed by atoms with Crippen molar-refractivity contribution in [1.82, 2.24) is 9.88 Å². The van der Waals surface area contributed by atoms with Gasteiger partial charge in [-0.2, -0.15) is 0 Å². The lowest BCUT2D eigenvalue weighted by atomic mass is 10.0. The number of carbonyl (C=O) groups is 1. The summed E-state index contributed by atoms with van der Waals surface area (Å²) >= 11 is 0. The molecule has 0 spiro atoms. The number of nitrogens with zero attached hydrogens (tertiary/aromatic N) is 3. The van der Waals surface area contributed by atoms with Crippen molar-refractivity contribution in [3.05, 3.63) is 83.6 Å². The lowest BCUT2D eigenvalue weighted by Gasteiger charge is -2.34. The third-order valence-electron chi connectivity index (χ3n) is 6.47. The Bertz CT molecular complexity index is 1290. The molecule has 1 aromatic heterocycles. The second-order valence-electron chi connectivity index (χ2n) is 8.95. The number of hydrogen-bond acceptors (Lipinski definition) is 7. The first-order chi connectivity index (χ1) is 17.6. The number of aldehydes is 1. The highest BCUT2D eigenvalue weighted by Crippen LogP contribution is 2.35. The Balaban J connectivity index is 1.34. The zero-order valence-electron chi connectivity index (χ0n) is 20.6. The van der Waals surface area contributed by atoms with Crippen LogP contribution in [-0.2, 0) is 0 Å². The Hall–Kier alpha value is -4.10. The molecule has 1 saturated heterocycles. The molecule has 2 aliphatic rings. The summed E-state index contributed by atoms with van der Waals surface area (Å²) in [6, 6.07) is 16.0. The van der Waals surface area contributed by atoms with Crippen LogP contribution in [0.25, 0.3) is 11.6 Å². The summed E-state index contributed by atoms with van der Waals surface area (Å²) < 4.78 is 10.9. The van der Waals surface area contributed by atoms with Gasteiger partial charge in [0.1, 0.15) is 5.82 Å². The molecule has 2 aliphatic heterocycles. The highest BCUT2D eigenvalue weighted by molar-refractivity contribution is 5.93. The fourth-order valence-electron chi connectivity index (χ4n) is 4.39. The number of allylic oxidation sites excluding steroid dienone is 3. The molecule has 0 aliphatic carbocycles. The zero-order valence-corrected chi connectivity index (χ0v) is 20.6. The predicted octanol–water partition coefficient (Wildman–Crippen LogP) is 5.23. The van der Waals surface area contributed by atoms with E-state index < -0.39 is 0 Å². The van der Waals surface area contributed by atoms with Gasteiger partial charge in [0.05, 0.1) is 0 Å². The number of benzene rings is 2. The van der Waals surface area contributed by atoms with Crippen molar-refractivity contribution in [3.8, 4) is 11.5 Å². The van der Waals surface area contributed by atoms with Crippen LogP contribution in [0.3, 0.4) is 0 Å². The Morgan fingerprint density at radius 2 is 1.75 bits per heavy atom. The summed E-state index contributed by atoms with van der Waals surface area (Å²) in [4.78, 5) is 21.3. The second kappa shape index (κ2) is 10.7. The maximum atomic E-state index is 12.0. The normalized spacial score (nSPS) is 15.9. The molecule has 0 unspecified atom stereocenters. The van der Waals surface area contributed by atoms with E-state index in [0.717, 1.165) is 66.4 Å². The predicted molar refractivity (Wildman–Crippen MR) is 144 cm³/mol. The van der Waals surface area contributed by atoms with E-state index in [-0.39, 0.29) is 6.79 Å². The van der Waals surface area contributed by atoms with Gasteiger partial charge in [-0.05, 0) is 73.6 Å². The second-order valence-corrected chi connectivity index (χ2v) is 8.95. The first-order valence-electron chi connectivity index (χ1n) is 12.1. The van der Waals surface area contributed by atoms with Crippen LogP contribution in [-0.4, -0.2) is 56.2 Å². The van der Waals surface area contributed by atoms with Gasteiger partial charge in [-0.1, -0.05) is 18.2 Å². The van der Waals surface area contributed by atoms with Gasteiger partial charge < -0.3 is 24.6 Å². The Morgan fingerprint density at radius 3 is 2.50 bits per heavy atom. The van der Waals surface area contributed by atoms with Crippen LogP contribution >= 0.6 is 0 Å². The minimum atomic E-state index is 0.230. The summed E-state index contributed by atoms with van der Waals surface area (Å²) in [7, 11) is 2.16. The molecule has 3 aromatic rings. The maximum absolute atomic E-state index is 12.0. The average molecular weight is 483 g/mol. The van der Waals surface area contributed by atoms with Gasteiger partial charge >= 0.3 is 0 Å². The molecule has 0 radical (unpaired) electrons. The van der Waals surface area contributed by atoms with Gasteiger partial charge in [0, 0.05) is 54.9 Å². The van der Waals surface area contributed by atoms with Crippen molar-refractivity contribution < 1.29 is 14.3 Å². The molecule has 7 nitrogen and oxygen atoms in total. The Kier molecular flexibility index (Phi) is 7.00. The van der Waals surface area contributed by atoms with E-state index in [2.05, 4.69) is 39.3 Å². The molecule has 7 heteroatoms. The molecule has 1 N–H and O–H groups in total. The lowest BCUT2D eigenvalue weighted by Crippen LogP contribution is -2.44. The molecule has 2 aromatic carbocycles. The number of rotatable bonds is 7. The monoisotopic (exact) mass is 482 g/mol. The largest absolute Gasteiger partial charge is 0.454 e. The smallest absolute Gasteiger partial charge is 0.231 e. The number of hydrogen-bond donors (Lipinski definition) is 1. The topological polar surface area (TPSA) is 66.9 Å². The van der Waals surface area contributed by atoms with Crippen molar-refractivity contribution in [2.75, 3.05) is 50.2 Å². The van der Waals surface area contributed by atoms with Crippen LogP contribution < -0.4 is 19.7 Å². The molecule has 184 valence electrons. The van der Waals surface area contributed by atoms with Gasteiger partial charge in [-0.25, -0.2) is 4.98 Å². The van der Waals surface area contributed by atoms with Crippen molar-refractivity contribution in [2.45, 2.75) is 6.92 Å². The number of carbonyl (C=O) groups excluding carboxylic acids is 1. The van der Waals surface area contributed by atoms with Crippen LogP contribution in [0.4, 0.5) is 17.2 Å². The first-order valence-corrected chi connectivity index (χ1v) is 12.1. The molecule has 0 atom stereocenters. The molecule has 36 heavy (non-hydrogen) atoms. The molecule has 1 fully saturated rings. The average Bonchev–Trinajstić information content (AvgIpc) is 3.38. The van der Waals surface area contributed by atoms with E-state index in [4.69, 9.17) is 9.47 Å². The summed E-state index contributed by atoms with van der Waals surface area (Å²) in [5.41, 5.74) is 5.36. The lowest BCUT2D eigenvalue weighted by molar-refractivity contribution is 0.112. The fourth-order valence-corrected chi connectivity index (χ4v) is 4.39. The highest BCUT2D eigenvalue weighted by atomic mass is 16.7. The van der Waals surface area contributed by atoms with Gasteiger partial charge in [0.25, 0.3) is 0 Å². The molecule has 3 heterocycles. The first kappa shape index (κ1) is 23.6. The number of piperazine rings is 1. The number of aromatic nitrogens is 1. The van der Waals surface area contributed by atoms with E-state index in [1.54, 1.807) is 12.3 Å². The van der Waals surface area contributed by atoms with Crippen LogP contribution in [0.2, 0.25) is 0 Å². The van der Waals surface area contributed by atoms with Crippen molar-refractivity contribution in [1.29, 1.82) is 0 Å². The number of likely N-dealkylation sites (N-methyl/N-ethyl adjacent to an activating group) is 1. The number of nitrogens with one attached hydrogen (secondary N) is 1. The minimum absolute atomic E-state index is 0.230. The molecule has 5 rings (SSSR count). The minimum Gasteiger partial charge on any atom is -0.454 e. The number of anilines is 3. The quantitative estimate of drug-likeness (QED) is 0.365. The van der Waals surface area contributed by atoms with Gasteiger partial charge in [-0.15, -0.1) is 0 Å². The van der Waals surface area contributed by atoms with E-state index in [0.29, 0.717) is 11.4 Å². The Labute approximate surface area is 211 Å². The van der Waals surface area contributed by atoms with Crippen molar-refractivity contribution in [2.24, 2.45) is 0 Å². The summed E-state index contributed by atoms with van der Waals surface area (Å²) in [6.45, 7) is 6.40. The molecule has 0 amide bonds. The number of ether oxygens (including phenoxy) is 2. The fraction of sp³-hybridized carbons (Fsp3) is 0.241. The molecular weight excluding hydrogens is 452 g/mol. The Morgan fingerprint density at radius 1 is 0.972 bits per heavy atom. The van der Waals surface area contributed by atoms with Gasteiger partial charge in [0.2, 0.25) is 6.79 Å². The van der Waals surface area contributed by atoms with E-state index in [9.17, 15) is 4.79 Å². The third kappa shape index (κ3) is 5.26. The third-order valence-corrected chi connectivity index (χ3v) is 6.47. The summed E-state index contributed by atoms with van der Waals surface area (Å²) in [5.74, 6) is 2.08. The number of pyridine rings is 1. The van der Waals surface area contributed by atoms with Crippen LogP contribution in [0.1, 0.15) is 28.4 Å². The zero-order chi connectivity index (χ0) is 24.9. The molecular formula is C29H30N4O3. The summed E-state index contributed by atoms with van der Waals surface area (Å²) in [5, 5.41) is 3.32. The van der Waals surface area contributed by atoms with E-state index >= 15 is 0 Å². The van der Waals surface area contributed by atoms with Gasteiger partial charge in [0.15, 0.2) is 17.8 Å². The van der Waals surface area contributed by atoms with E-state index in [1.807, 2.05) is 55.5 Å². The van der Waals surface area contributed by atoms with Crippen molar-refractivity contribution >= 4 is 35.1 Å². The van der Waals surface area contributed by atoms with Crippen molar-refractivity contribution in [3.63, 3.8) is 0 Å². The maximum Gasteiger partial charge on any atom is 0.231 e. The summed E-state index contributed by atoms with van der Waals surface area (Å²) in [6.07, 6.45) is 8.51.